The van der Waals surface area contributed by atoms with Crippen LogP contribution in [0, 0.1) is 5.82 Å². The van der Waals surface area contributed by atoms with Gasteiger partial charge in [-0.25, -0.2) is 4.39 Å². The molecule has 1 aromatic rings. The third-order valence-electron chi connectivity index (χ3n) is 1.66. The van der Waals surface area contributed by atoms with Crippen molar-refractivity contribution in [1.82, 2.24) is 0 Å². The lowest BCUT2D eigenvalue weighted by Crippen LogP contribution is -1.96. The van der Waals surface area contributed by atoms with Crippen molar-refractivity contribution in [1.29, 1.82) is 0 Å². The van der Waals surface area contributed by atoms with E-state index in [1.165, 1.54) is 13.2 Å². The molecule has 0 unspecified atom stereocenters. The van der Waals surface area contributed by atoms with Crippen LogP contribution >= 0.6 is 47.8 Å². The van der Waals surface area contributed by atoms with Gasteiger partial charge in [-0.2, -0.15) is 0 Å². The van der Waals surface area contributed by atoms with Crippen LogP contribution in [-0.2, 0) is 0 Å². The summed E-state index contributed by atoms with van der Waals surface area (Å²) in [5, 5.41) is 0. The van der Waals surface area contributed by atoms with Crippen molar-refractivity contribution in [2.24, 2.45) is 0 Å². The van der Waals surface area contributed by atoms with Crippen molar-refractivity contribution in [2.75, 3.05) is 13.7 Å². The van der Waals surface area contributed by atoms with Crippen LogP contribution in [0.5, 0.6) is 11.5 Å². The SMILES string of the molecule is COc1c(F)cc(OCC=C(Br)Br)cc1Br. The molecule has 0 atom stereocenters. The molecule has 6 heteroatoms. The minimum Gasteiger partial charge on any atom is -0.492 e. The van der Waals surface area contributed by atoms with Gasteiger partial charge in [0.05, 0.1) is 15.0 Å². The van der Waals surface area contributed by atoms with Crippen molar-refractivity contribution in [2.45, 2.75) is 0 Å². The Hall–Kier alpha value is -0.0700. The Kier molecular flexibility index (Phi) is 5.78. The standard InChI is InChI=1S/C10H8Br3FO2/c1-15-10-7(11)4-6(5-8(10)14)16-3-2-9(12)13/h2,4-5H,3H2,1H3. The van der Waals surface area contributed by atoms with E-state index in [-0.39, 0.29) is 5.75 Å². The molecule has 0 aromatic heterocycles. The normalized spacial score (nSPS) is 9.81. The van der Waals surface area contributed by atoms with Crippen molar-refractivity contribution in [3.05, 3.63) is 31.9 Å². The molecule has 0 fully saturated rings. The van der Waals surface area contributed by atoms with Gasteiger partial charge in [-0.3, -0.25) is 0 Å². The molecule has 2 nitrogen and oxygen atoms in total. The Morgan fingerprint density at radius 1 is 1.44 bits per heavy atom. The quantitative estimate of drug-likeness (QED) is 0.711. The fraction of sp³-hybridized carbons (Fsp3) is 0.200. The first-order chi connectivity index (χ1) is 7.54. The van der Waals surface area contributed by atoms with E-state index in [9.17, 15) is 4.39 Å². The largest absolute Gasteiger partial charge is 0.492 e. The zero-order valence-corrected chi connectivity index (χ0v) is 13.0. The van der Waals surface area contributed by atoms with Crippen LogP contribution < -0.4 is 9.47 Å². The van der Waals surface area contributed by atoms with E-state index in [2.05, 4.69) is 47.8 Å². The van der Waals surface area contributed by atoms with Crippen molar-refractivity contribution in [3.8, 4) is 11.5 Å². The maximum Gasteiger partial charge on any atom is 0.169 e. The number of benzene rings is 1. The molecule has 0 heterocycles. The van der Waals surface area contributed by atoms with E-state index in [0.717, 1.165) is 3.39 Å². The lowest BCUT2D eigenvalue weighted by atomic mass is 10.3. The van der Waals surface area contributed by atoms with Crippen molar-refractivity contribution >= 4 is 47.8 Å². The summed E-state index contributed by atoms with van der Waals surface area (Å²) in [4.78, 5) is 0. The molecule has 0 radical (unpaired) electrons. The second-order valence-electron chi connectivity index (χ2n) is 2.72. The third-order valence-corrected chi connectivity index (χ3v) is 2.90. The fourth-order valence-electron chi connectivity index (χ4n) is 1.02. The summed E-state index contributed by atoms with van der Waals surface area (Å²) >= 11 is 9.59. The summed E-state index contributed by atoms with van der Waals surface area (Å²) in [6, 6.07) is 2.93. The first kappa shape index (κ1) is 14.0. The molecule has 0 bridgehead atoms. The van der Waals surface area contributed by atoms with E-state index in [4.69, 9.17) is 9.47 Å². The second kappa shape index (κ2) is 6.61. The zero-order chi connectivity index (χ0) is 12.1. The van der Waals surface area contributed by atoms with Crippen LogP contribution in [0.2, 0.25) is 0 Å². The maximum atomic E-state index is 13.4. The van der Waals surface area contributed by atoms with Crippen LogP contribution in [0.15, 0.2) is 26.1 Å². The lowest BCUT2D eigenvalue weighted by Gasteiger charge is -2.08. The number of methoxy groups -OCH3 is 1. The smallest absolute Gasteiger partial charge is 0.169 e. The van der Waals surface area contributed by atoms with E-state index in [1.54, 1.807) is 12.1 Å². The highest BCUT2D eigenvalue weighted by Gasteiger charge is 2.09. The summed E-state index contributed by atoms with van der Waals surface area (Å²) in [6.07, 6.45) is 1.76. The predicted octanol–water partition coefficient (Wildman–Crippen LogP) is 4.61. The Morgan fingerprint density at radius 3 is 2.62 bits per heavy atom. The molecular formula is C10H8Br3FO2. The van der Waals surface area contributed by atoms with Crippen LogP contribution in [-0.4, -0.2) is 13.7 Å². The minimum atomic E-state index is -0.464. The van der Waals surface area contributed by atoms with Gasteiger partial charge in [0.2, 0.25) is 0 Å². The van der Waals surface area contributed by atoms with Crippen LogP contribution in [0.3, 0.4) is 0 Å². The highest BCUT2D eigenvalue weighted by molar-refractivity contribution is 9.28. The molecule has 0 aliphatic heterocycles. The first-order valence-corrected chi connectivity index (χ1v) is 6.59. The van der Waals surface area contributed by atoms with Crippen LogP contribution in [0.1, 0.15) is 0 Å². The molecule has 0 saturated heterocycles. The van der Waals surface area contributed by atoms with E-state index < -0.39 is 5.82 Å². The van der Waals surface area contributed by atoms with Gasteiger partial charge < -0.3 is 9.47 Å². The van der Waals surface area contributed by atoms with Gasteiger partial charge in [-0.05, 0) is 59.9 Å². The number of hydrogen-bond donors (Lipinski definition) is 0. The molecular weight excluding hydrogens is 411 g/mol. The number of ether oxygens (including phenoxy) is 2. The summed E-state index contributed by atoms with van der Waals surface area (Å²) in [5.74, 6) is 0.140. The molecule has 1 aromatic carbocycles. The van der Waals surface area contributed by atoms with E-state index in [1.807, 2.05) is 0 Å². The van der Waals surface area contributed by atoms with Gasteiger partial charge in [0, 0.05) is 6.07 Å². The van der Waals surface area contributed by atoms with Gasteiger partial charge in [-0.15, -0.1) is 0 Å². The molecule has 0 saturated carbocycles. The molecule has 0 aliphatic carbocycles. The van der Waals surface area contributed by atoms with Crippen LogP contribution in [0.4, 0.5) is 4.39 Å². The fourth-order valence-corrected chi connectivity index (χ4v) is 1.86. The predicted molar refractivity (Wildman–Crippen MR) is 72.1 cm³/mol. The molecule has 0 spiro atoms. The summed E-state index contributed by atoms with van der Waals surface area (Å²) in [7, 11) is 1.41. The summed E-state index contributed by atoms with van der Waals surface area (Å²) in [6.45, 7) is 0.337. The van der Waals surface area contributed by atoms with Gasteiger partial charge >= 0.3 is 0 Å². The molecule has 16 heavy (non-hydrogen) atoms. The summed E-state index contributed by atoms with van der Waals surface area (Å²) < 4.78 is 24.9. The molecule has 0 N–H and O–H groups in total. The average molecular weight is 419 g/mol. The number of halogens is 4. The molecule has 0 amide bonds. The second-order valence-corrected chi connectivity index (χ2v) is 6.35. The Bertz CT molecular complexity index is 380. The van der Waals surface area contributed by atoms with Gasteiger partial charge in [0.1, 0.15) is 12.4 Å². The minimum absolute atomic E-state index is 0.171. The molecule has 88 valence electrons. The number of hydrogen-bond acceptors (Lipinski definition) is 2. The molecule has 0 aliphatic rings. The highest BCUT2D eigenvalue weighted by atomic mass is 79.9. The van der Waals surface area contributed by atoms with E-state index in [0.29, 0.717) is 16.8 Å². The van der Waals surface area contributed by atoms with E-state index >= 15 is 0 Å². The lowest BCUT2D eigenvalue weighted by molar-refractivity contribution is 0.351. The van der Waals surface area contributed by atoms with Crippen molar-refractivity contribution < 1.29 is 13.9 Å². The van der Waals surface area contributed by atoms with Crippen molar-refractivity contribution in [3.63, 3.8) is 0 Å². The summed E-state index contributed by atoms with van der Waals surface area (Å²) in [5.41, 5.74) is 0. The van der Waals surface area contributed by atoms with Gasteiger partial charge in [0.25, 0.3) is 0 Å². The highest BCUT2D eigenvalue weighted by Crippen LogP contribution is 2.32. The Labute approximate surface area is 118 Å². The Morgan fingerprint density at radius 2 is 2.12 bits per heavy atom. The zero-order valence-electron chi connectivity index (χ0n) is 8.27. The maximum absolute atomic E-state index is 13.4. The monoisotopic (exact) mass is 416 g/mol. The topological polar surface area (TPSA) is 18.5 Å². The number of rotatable bonds is 4. The molecule has 1 rings (SSSR count). The van der Waals surface area contributed by atoms with Crippen LogP contribution in [0.25, 0.3) is 0 Å². The van der Waals surface area contributed by atoms with Gasteiger partial charge in [0.15, 0.2) is 11.6 Å². The first-order valence-electron chi connectivity index (χ1n) is 4.21. The third kappa shape index (κ3) is 4.07. The average Bonchev–Trinajstić information content (AvgIpc) is 2.16. The Balaban J connectivity index is 2.80. The van der Waals surface area contributed by atoms with Gasteiger partial charge in [-0.1, -0.05) is 0 Å².